The Kier molecular flexibility index (Phi) is 4.60. The fraction of sp³-hybridized carbons (Fsp3) is 0.800. The highest BCUT2D eigenvalue weighted by Gasteiger charge is 2.46. The van der Waals surface area contributed by atoms with E-state index in [4.69, 9.17) is 9.47 Å². The summed E-state index contributed by atoms with van der Waals surface area (Å²) in [5.74, 6) is -0.154. The Bertz CT molecular complexity index is 334. The molecular formula is C15H26O3. The number of carbonyl (C=O) groups is 1. The van der Waals surface area contributed by atoms with E-state index in [2.05, 4.69) is 20.8 Å². The number of esters is 1. The van der Waals surface area contributed by atoms with Crippen molar-refractivity contribution in [2.75, 3.05) is 6.61 Å². The van der Waals surface area contributed by atoms with Gasteiger partial charge in [0.25, 0.3) is 0 Å². The number of allylic oxidation sites excluding steroid dienone is 1. The molecule has 1 fully saturated rings. The van der Waals surface area contributed by atoms with E-state index in [1.165, 1.54) is 5.57 Å². The summed E-state index contributed by atoms with van der Waals surface area (Å²) in [5.41, 5.74) is 0.898. The van der Waals surface area contributed by atoms with Gasteiger partial charge >= 0.3 is 5.97 Å². The average Bonchev–Trinajstić information content (AvgIpc) is 2.82. The molecule has 1 aliphatic heterocycles. The molecule has 1 heterocycles. The third kappa shape index (κ3) is 4.81. The van der Waals surface area contributed by atoms with Crippen LogP contribution in [0.25, 0.3) is 0 Å². The Hall–Kier alpha value is -0.830. The first kappa shape index (κ1) is 15.2. The van der Waals surface area contributed by atoms with Crippen LogP contribution in [0, 0.1) is 5.41 Å². The molecule has 1 aliphatic rings. The van der Waals surface area contributed by atoms with Crippen LogP contribution in [-0.4, -0.2) is 24.3 Å². The van der Waals surface area contributed by atoms with Gasteiger partial charge in [-0.1, -0.05) is 5.57 Å². The number of hydrogen-bond acceptors (Lipinski definition) is 3. The monoisotopic (exact) mass is 254 g/mol. The molecule has 0 bridgehead atoms. The maximum absolute atomic E-state index is 11.5. The number of epoxide rings is 1. The van der Waals surface area contributed by atoms with E-state index in [0.717, 1.165) is 12.8 Å². The number of carbonyl (C=O) groups excluding carboxylic acids is 1. The maximum Gasteiger partial charge on any atom is 0.311 e. The van der Waals surface area contributed by atoms with Crippen molar-refractivity contribution in [1.82, 2.24) is 0 Å². The molecule has 0 amide bonds. The molecule has 1 atom stereocenters. The van der Waals surface area contributed by atoms with Crippen molar-refractivity contribution in [2.45, 2.75) is 66.1 Å². The van der Waals surface area contributed by atoms with Crippen LogP contribution in [0.5, 0.6) is 0 Å². The van der Waals surface area contributed by atoms with Crippen molar-refractivity contribution >= 4 is 5.97 Å². The first-order chi connectivity index (χ1) is 8.13. The predicted octanol–water partition coefficient (Wildman–Crippen LogP) is 3.48. The van der Waals surface area contributed by atoms with Crippen LogP contribution < -0.4 is 0 Å². The number of ether oxygens (including phenoxy) is 2. The van der Waals surface area contributed by atoms with Crippen LogP contribution in [0.3, 0.4) is 0 Å². The summed E-state index contributed by atoms with van der Waals surface area (Å²) in [4.78, 5) is 11.5. The van der Waals surface area contributed by atoms with Crippen LogP contribution in [-0.2, 0) is 14.3 Å². The third-order valence-electron chi connectivity index (χ3n) is 3.22. The molecule has 0 N–H and O–H groups in total. The fourth-order valence-corrected chi connectivity index (χ4v) is 1.68. The van der Waals surface area contributed by atoms with Crippen molar-refractivity contribution in [3.63, 3.8) is 0 Å². The van der Waals surface area contributed by atoms with Crippen molar-refractivity contribution in [2.24, 2.45) is 5.41 Å². The van der Waals surface area contributed by atoms with Crippen LogP contribution in [0.4, 0.5) is 0 Å². The zero-order valence-electron chi connectivity index (χ0n) is 12.5. The van der Waals surface area contributed by atoms with Gasteiger partial charge in [-0.05, 0) is 60.5 Å². The molecule has 1 unspecified atom stereocenters. The molecule has 3 nitrogen and oxygen atoms in total. The topological polar surface area (TPSA) is 38.8 Å². The zero-order chi connectivity index (χ0) is 14.0. The van der Waals surface area contributed by atoms with E-state index < -0.39 is 5.41 Å². The largest absolute Gasteiger partial charge is 0.461 e. The van der Waals surface area contributed by atoms with Gasteiger partial charge in [0.1, 0.15) is 6.61 Å². The van der Waals surface area contributed by atoms with Crippen molar-refractivity contribution in [3.8, 4) is 0 Å². The lowest BCUT2D eigenvalue weighted by atomic mass is 9.97. The molecule has 0 aliphatic carbocycles. The van der Waals surface area contributed by atoms with Gasteiger partial charge in [-0.25, -0.2) is 0 Å². The van der Waals surface area contributed by atoms with Crippen LogP contribution in [0.15, 0.2) is 11.6 Å². The van der Waals surface area contributed by atoms with Crippen molar-refractivity contribution in [3.05, 3.63) is 11.6 Å². The minimum atomic E-state index is -0.423. The van der Waals surface area contributed by atoms with Gasteiger partial charge in [0.2, 0.25) is 0 Å². The molecule has 1 saturated heterocycles. The lowest BCUT2D eigenvalue weighted by molar-refractivity contribution is -0.151. The van der Waals surface area contributed by atoms with E-state index in [9.17, 15) is 4.79 Å². The second-order valence-electron chi connectivity index (χ2n) is 6.65. The van der Waals surface area contributed by atoms with E-state index in [1.54, 1.807) is 0 Å². The normalized spacial score (nSPS) is 22.8. The Morgan fingerprint density at radius 1 is 1.39 bits per heavy atom. The highest BCUT2D eigenvalue weighted by atomic mass is 16.6. The van der Waals surface area contributed by atoms with Gasteiger partial charge in [0.15, 0.2) is 0 Å². The second-order valence-corrected chi connectivity index (χ2v) is 6.65. The molecule has 3 heteroatoms. The first-order valence-electron chi connectivity index (χ1n) is 6.63. The third-order valence-corrected chi connectivity index (χ3v) is 3.22. The average molecular weight is 254 g/mol. The summed E-state index contributed by atoms with van der Waals surface area (Å²) in [6.45, 7) is 12.2. The van der Waals surface area contributed by atoms with Crippen LogP contribution in [0.2, 0.25) is 0 Å². The summed E-state index contributed by atoms with van der Waals surface area (Å²) in [6, 6.07) is 0. The minimum Gasteiger partial charge on any atom is -0.461 e. The Balaban J connectivity index is 2.20. The summed E-state index contributed by atoms with van der Waals surface area (Å²) < 4.78 is 10.7. The standard InChI is InChI=1S/C15H26O3/c1-11(7-8-12-15(5,6)18-12)9-10-17-13(16)14(2,3)4/h9,12H,7-8,10H2,1-6H3/b11-9+. The Morgan fingerprint density at radius 2 is 1.94 bits per heavy atom. The van der Waals surface area contributed by atoms with Gasteiger partial charge < -0.3 is 9.47 Å². The van der Waals surface area contributed by atoms with Gasteiger partial charge in [-0.15, -0.1) is 0 Å². The van der Waals surface area contributed by atoms with Crippen LogP contribution in [0.1, 0.15) is 54.4 Å². The molecule has 104 valence electrons. The first-order valence-corrected chi connectivity index (χ1v) is 6.63. The van der Waals surface area contributed by atoms with Gasteiger partial charge in [0, 0.05) is 0 Å². The summed E-state index contributed by atoms with van der Waals surface area (Å²) in [5, 5.41) is 0. The molecule has 1 rings (SSSR count). The van der Waals surface area contributed by atoms with Gasteiger partial charge in [-0.2, -0.15) is 0 Å². The molecule has 0 aromatic rings. The SMILES string of the molecule is C/C(=C\COC(=O)C(C)(C)C)CCC1OC1(C)C. The smallest absolute Gasteiger partial charge is 0.311 e. The van der Waals surface area contributed by atoms with E-state index in [1.807, 2.05) is 26.8 Å². The minimum absolute atomic E-state index is 0.0684. The summed E-state index contributed by atoms with van der Waals surface area (Å²) >= 11 is 0. The van der Waals surface area contributed by atoms with Gasteiger partial charge in [0.05, 0.1) is 17.1 Å². The fourth-order valence-electron chi connectivity index (χ4n) is 1.68. The molecule has 0 aromatic carbocycles. The quantitative estimate of drug-likeness (QED) is 0.428. The Morgan fingerprint density at radius 3 is 2.39 bits per heavy atom. The van der Waals surface area contributed by atoms with Crippen molar-refractivity contribution in [1.29, 1.82) is 0 Å². The summed E-state index contributed by atoms with van der Waals surface area (Å²) in [6.07, 6.45) is 4.42. The molecule has 0 radical (unpaired) electrons. The highest BCUT2D eigenvalue weighted by molar-refractivity contribution is 5.75. The van der Waals surface area contributed by atoms with E-state index in [-0.39, 0.29) is 11.6 Å². The number of hydrogen-bond donors (Lipinski definition) is 0. The second kappa shape index (κ2) is 5.43. The lowest BCUT2D eigenvalue weighted by Gasteiger charge is -2.15. The molecule has 18 heavy (non-hydrogen) atoms. The predicted molar refractivity (Wildman–Crippen MR) is 72.4 cm³/mol. The number of rotatable bonds is 5. The maximum atomic E-state index is 11.5. The molecular weight excluding hydrogens is 228 g/mol. The van der Waals surface area contributed by atoms with Crippen LogP contribution >= 0.6 is 0 Å². The van der Waals surface area contributed by atoms with E-state index in [0.29, 0.717) is 12.7 Å². The van der Waals surface area contributed by atoms with E-state index >= 15 is 0 Å². The molecule has 0 saturated carbocycles. The molecule has 0 spiro atoms. The zero-order valence-corrected chi connectivity index (χ0v) is 12.5. The lowest BCUT2D eigenvalue weighted by Crippen LogP contribution is -2.22. The molecule has 0 aromatic heterocycles. The Labute approximate surface area is 111 Å². The highest BCUT2D eigenvalue weighted by Crippen LogP contribution is 2.38. The van der Waals surface area contributed by atoms with Gasteiger partial charge in [-0.3, -0.25) is 4.79 Å². The summed E-state index contributed by atoms with van der Waals surface area (Å²) in [7, 11) is 0. The van der Waals surface area contributed by atoms with Crippen molar-refractivity contribution < 1.29 is 14.3 Å².